The van der Waals surface area contributed by atoms with E-state index in [9.17, 15) is 9.59 Å². The molecule has 1 saturated carbocycles. The molecule has 2 aromatic heterocycles. The van der Waals surface area contributed by atoms with Gasteiger partial charge in [-0.15, -0.1) is 0 Å². The number of nitrogens with zero attached hydrogens (tertiary/aromatic N) is 6. The topological polar surface area (TPSA) is 105 Å². The van der Waals surface area contributed by atoms with E-state index < -0.39 is 0 Å². The lowest BCUT2D eigenvalue weighted by Gasteiger charge is -2.23. The van der Waals surface area contributed by atoms with Gasteiger partial charge in [0, 0.05) is 51.2 Å². The van der Waals surface area contributed by atoms with Crippen molar-refractivity contribution in [2.45, 2.75) is 37.9 Å². The number of rotatable bonds is 9. The van der Waals surface area contributed by atoms with Gasteiger partial charge < -0.3 is 15.0 Å². The molecule has 2 atom stereocenters. The van der Waals surface area contributed by atoms with Crippen LogP contribution in [0, 0.1) is 5.92 Å². The first kappa shape index (κ1) is 21.4. The van der Waals surface area contributed by atoms with E-state index in [1.54, 1.807) is 38.8 Å². The van der Waals surface area contributed by atoms with Crippen LogP contribution in [-0.2, 0) is 20.9 Å². The number of amides is 2. The number of carbonyl (C=O) groups is 2. The zero-order valence-electron chi connectivity index (χ0n) is 18.0. The maximum atomic E-state index is 12.0. The second-order valence-electron chi connectivity index (χ2n) is 8.41. The molecule has 0 unspecified atom stereocenters. The highest BCUT2D eigenvalue weighted by atomic mass is 16.5. The molecule has 3 heterocycles. The van der Waals surface area contributed by atoms with E-state index in [1.165, 1.54) is 4.90 Å². The van der Waals surface area contributed by atoms with Crippen LogP contribution in [-0.4, -0.2) is 81.3 Å². The molecule has 2 amide bonds. The summed E-state index contributed by atoms with van der Waals surface area (Å²) in [6, 6.07) is 2.04. The van der Waals surface area contributed by atoms with Gasteiger partial charge in [0.2, 0.25) is 11.8 Å². The van der Waals surface area contributed by atoms with Gasteiger partial charge in [0.05, 0.1) is 31.1 Å². The highest BCUT2D eigenvalue weighted by molar-refractivity contribution is 5.93. The van der Waals surface area contributed by atoms with Crippen molar-refractivity contribution >= 4 is 17.5 Å². The Hall–Kier alpha value is -2.85. The lowest BCUT2D eigenvalue weighted by atomic mass is 10.2. The third-order valence-corrected chi connectivity index (χ3v) is 5.70. The van der Waals surface area contributed by atoms with Gasteiger partial charge in [0.15, 0.2) is 0 Å². The molecule has 0 radical (unpaired) electrons. The standard InChI is InChI=1S/C21H29N7O3/c1-26(2)20(29)14-31-13-18-8-17(11-27(18)12-19-22-6-3-7-23-19)28-10-16(9-24-28)25-21(30)15-4-5-15/h3,6-7,9-10,15,17-18H,4-5,8,11-14H2,1-2H3,(H,25,30)/t17-,18-/m0/s1. The van der Waals surface area contributed by atoms with E-state index in [0.29, 0.717) is 13.2 Å². The summed E-state index contributed by atoms with van der Waals surface area (Å²) in [6.07, 6.45) is 9.82. The number of carbonyl (C=O) groups excluding carboxylic acids is 2. The molecule has 4 rings (SSSR count). The molecule has 0 spiro atoms. The monoisotopic (exact) mass is 427 g/mol. The Kier molecular flexibility index (Phi) is 6.57. The van der Waals surface area contributed by atoms with Gasteiger partial charge in [0.25, 0.3) is 0 Å². The van der Waals surface area contributed by atoms with Crippen LogP contribution in [0.1, 0.15) is 31.1 Å². The Bertz CT molecular complexity index is 897. The van der Waals surface area contributed by atoms with Crippen LogP contribution >= 0.6 is 0 Å². The summed E-state index contributed by atoms with van der Waals surface area (Å²) < 4.78 is 7.63. The average Bonchev–Trinajstić information content (AvgIpc) is 3.40. The normalized spacial score (nSPS) is 21.2. The molecule has 1 aliphatic carbocycles. The first-order valence-corrected chi connectivity index (χ1v) is 10.6. The average molecular weight is 428 g/mol. The Labute approximate surface area is 181 Å². The summed E-state index contributed by atoms with van der Waals surface area (Å²) >= 11 is 0. The number of hydrogen-bond acceptors (Lipinski definition) is 7. The van der Waals surface area contributed by atoms with Crippen molar-refractivity contribution < 1.29 is 14.3 Å². The van der Waals surface area contributed by atoms with E-state index in [0.717, 1.165) is 37.3 Å². The Morgan fingerprint density at radius 3 is 2.74 bits per heavy atom. The maximum Gasteiger partial charge on any atom is 0.248 e. The second-order valence-corrected chi connectivity index (χ2v) is 8.41. The number of ether oxygens (including phenoxy) is 1. The summed E-state index contributed by atoms with van der Waals surface area (Å²) in [7, 11) is 3.43. The van der Waals surface area contributed by atoms with E-state index >= 15 is 0 Å². The second kappa shape index (κ2) is 9.52. The predicted molar refractivity (Wildman–Crippen MR) is 113 cm³/mol. The molecular formula is C21H29N7O3. The van der Waals surface area contributed by atoms with Crippen molar-refractivity contribution in [2.75, 3.05) is 39.2 Å². The van der Waals surface area contributed by atoms with Gasteiger partial charge in [-0.1, -0.05) is 0 Å². The minimum atomic E-state index is -0.0596. The molecule has 2 fully saturated rings. The number of likely N-dealkylation sites (tertiary alicyclic amines) is 1. The van der Waals surface area contributed by atoms with Crippen molar-refractivity contribution in [1.29, 1.82) is 0 Å². The third kappa shape index (κ3) is 5.65. The van der Waals surface area contributed by atoms with Crippen molar-refractivity contribution in [1.82, 2.24) is 29.5 Å². The fourth-order valence-corrected chi connectivity index (χ4v) is 3.71. The summed E-state index contributed by atoms with van der Waals surface area (Å²) in [4.78, 5) is 36.3. The van der Waals surface area contributed by atoms with Crippen molar-refractivity contribution in [3.05, 3.63) is 36.7 Å². The number of likely N-dealkylation sites (N-methyl/N-ethyl adjacent to an activating group) is 1. The Morgan fingerprint density at radius 1 is 1.26 bits per heavy atom. The van der Waals surface area contributed by atoms with Crippen LogP contribution in [0.15, 0.2) is 30.9 Å². The Morgan fingerprint density at radius 2 is 2.03 bits per heavy atom. The van der Waals surface area contributed by atoms with Crippen LogP contribution in [0.5, 0.6) is 0 Å². The predicted octanol–water partition coefficient (Wildman–Crippen LogP) is 0.942. The van der Waals surface area contributed by atoms with Crippen LogP contribution in [0.3, 0.4) is 0 Å². The summed E-state index contributed by atoms with van der Waals surface area (Å²) in [6.45, 7) is 1.85. The Balaban J connectivity index is 1.40. The van der Waals surface area contributed by atoms with Crippen LogP contribution in [0.2, 0.25) is 0 Å². The zero-order chi connectivity index (χ0) is 21.8. The number of anilines is 1. The fraction of sp³-hybridized carbons (Fsp3) is 0.571. The molecule has 0 bridgehead atoms. The molecule has 10 nitrogen and oxygen atoms in total. The first-order chi connectivity index (χ1) is 15.0. The fourth-order valence-electron chi connectivity index (χ4n) is 3.71. The van der Waals surface area contributed by atoms with Crippen molar-refractivity contribution in [2.24, 2.45) is 5.92 Å². The van der Waals surface area contributed by atoms with Crippen LogP contribution in [0.25, 0.3) is 0 Å². The SMILES string of the molecule is CN(C)C(=O)COC[C@@H]1C[C@H](n2cc(NC(=O)C3CC3)cn2)CN1Cc1ncccn1. The minimum Gasteiger partial charge on any atom is -0.370 e. The van der Waals surface area contributed by atoms with E-state index in [-0.39, 0.29) is 36.4 Å². The van der Waals surface area contributed by atoms with E-state index in [1.807, 2.05) is 10.9 Å². The largest absolute Gasteiger partial charge is 0.370 e. The van der Waals surface area contributed by atoms with Crippen LogP contribution in [0.4, 0.5) is 5.69 Å². The molecule has 1 N–H and O–H groups in total. The third-order valence-electron chi connectivity index (χ3n) is 5.70. The van der Waals surface area contributed by atoms with Gasteiger partial charge in [0.1, 0.15) is 12.4 Å². The molecule has 2 aromatic rings. The quantitative estimate of drug-likeness (QED) is 0.635. The number of nitrogens with one attached hydrogen (secondary N) is 1. The summed E-state index contributed by atoms with van der Waals surface area (Å²) in [5.41, 5.74) is 0.728. The minimum absolute atomic E-state index is 0.0585. The smallest absolute Gasteiger partial charge is 0.248 e. The summed E-state index contributed by atoms with van der Waals surface area (Å²) in [5.74, 6) is 0.916. The van der Waals surface area contributed by atoms with Gasteiger partial charge in [-0.2, -0.15) is 5.10 Å². The van der Waals surface area contributed by atoms with E-state index in [4.69, 9.17) is 4.74 Å². The highest BCUT2D eigenvalue weighted by Crippen LogP contribution is 2.31. The molecule has 1 aliphatic heterocycles. The number of aromatic nitrogens is 4. The molecule has 0 aromatic carbocycles. The van der Waals surface area contributed by atoms with Crippen molar-refractivity contribution in [3.8, 4) is 0 Å². The summed E-state index contributed by atoms with van der Waals surface area (Å²) in [5, 5.41) is 7.43. The molecule has 31 heavy (non-hydrogen) atoms. The van der Waals surface area contributed by atoms with Gasteiger partial charge in [-0.05, 0) is 25.3 Å². The van der Waals surface area contributed by atoms with E-state index in [2.05, 4.69) is 25.3 Å². The molecule has 2 aliphatic rings. The zero-order valence-corrected chi connectivity index (χ0v) is 18.0. The first-order valence-electron chi connectivity index (χ1n) is 10.6. The maximum absolute atomic E-state index is 12.0. The molecule has 10 heteroatoms. The molecule has 166 valence electrons. The van der Waals surface area contributed by atoms with Gasteiger partial charge in [-0.25, -0.2) is 9.97 Å². The van der Waals surface area contributed by atoms with Crippen molar-refractivity contribution in [3.63, 3.8) is 0 Å². The van der Waals surface area contributed by atoms with Crippen LogP contribution < -0.4 is 5.32 Å². The highest BCUT2D eigenvalue weighted by Gasteiger charge is 2.35. The van der Waals surface area contributed by atoms with Gasteiger partial charge >= 0.3 is 0 Å². The lowest BCUT2D eigenvalue weighted by Crippen LogP contribution is -2.35. The molecular weight excluding hydrogens is 398 g/mol. The van der Waals surface area contributed by atoms with Gasteiger partial charge in [-0.3, -0.25) is 19.2 Å². The number of hydrogen-bond donors (Lipinski definition) is 1. The lowest BCUT2D eigenvalue weighted by molar-refractivity contribution is -0.134. The molecule has 1 saturated heterocycles.